The van der Waals surface area contributed by atoms with E-state index in [-0.39, 0.29) is 6.61 Å². The average Bonchev–Trinajstić information content (AvgIpc) is 2.40. The molecule has 0 atom stereocenters. The van der Waals surface area contributed by atoms with Gasteiger partial charge in [-0.05, 0) is 36.4 Å². The molecule has 2 aromatic rings. The summed E-state index contributed by atoms with van der Waals surface area (Å²) in [5, 5.41) is 9.18. The predicted octanol–water partition coefficient (Wildman–Crippen LogP) is 2.77. The molecule has 1 aromatic carbocycles. The fourth-order valence-electron chi connectivity index (χ4n) is 1.38. The minimum atomic E-state index is 0.232. The molecule has 1 aromatic heterocycles. The van der Waals surface area contributed by atoms with E-state index in [0.717, 1.165) is 0 Å². The summed E-state index contributed by atoms with van der Waals surface area (Å²) in [7, 11) is 0. The van der Waals surface area contributed by atoms with E-state index in [2.05, 4.69) is 4.98 Å². The van der Waals surface area contributed by atoms with Gasteiger partial charge in [0.1, 0.15) is 18.2 Å². The summed E-state index contributed by atoms with van der Waals surface area (Å²) in [6.45, 7) is 0.232. The summed E-state index contributed by atoms with van der Waals surface area (Å²) in [5.41, 5.74) is 6.74. The molecule has 0 fully saturated rings. The summed E-state index contributed by atoms with van der Waals surface area (Å²) in [4.78, 5) is 4.09. The van der Waals surface area contributed by atoms with Crippen molar-refractivity contribution >= 4 is 17.4 Å². The SMILES string of the molecule is N#Cc1ccc(OCc2nc(N)ccc2Cl)cc1. The highest BCUT2D eigenvalue weighted by atomic mass is 35.5. The molecule has 90 valence electrons. The molecule has 4 nitrogen and oxygen atoms in total. The lowest BCUT2D eigenvalue weighted by Crippen LogP contribution is -2.01. The number of benzene rings is 1. The predicted molar refractivity (Wildman–Crippen MR) is 69.1 cm³/mol. The second kappa shape index (κ2) is 5.39. The van der Waals surface area contributed by atoms with Crippen LogP contribution in [-0.2, 0) is 6.61 Å². The largest absolute Gasteiger partial charge is 0.487 e. The van der Waals surface area contributed by atoms with Gasteiger partial charge in [0.25, 0.3) is 0 Å². The fraction of sp³-hybridized carbons (Fsp3) is 0.0769. The van der Waals surface area contributed by atoms with E-state index in [4.69, 9.17) is 27.3 Å². The second-order valence-electron chi connectivity index (χ2n) is 3.59. The lowest BCUT2D eigenvalue weighted by atomic mass is 10.2. The molecule has 0 bridgehead atoms. The van der Waals surface area contributed by atoms with Gasteiger partial charge in [-0.25, -0.2) is 4.98 Å². The Hall–Kier alpha value is -2.25. The smallest absolute Gasteiger partial charge is 0.132 e. The zero-order chi connectivity index (χ0) is 13.0. The number of nitriles is 1. The average molecular weight is 260 g/mol. The molecule has 0 unspecified atom stereocenters. The fourth-order valence-corrected chi connectivity index (χ4v) is 1.54. The molecule has 0 aliphatic heterocycles. The van der Waals surface area contributed by atoms with Gasteiger partial charge in [0, 0.05) is 0 Å². The number of rotatable bonds is 3. The Balaban J connectivity index is 2.07. The maximum atomic E-state index is 8.67. The van der Waals surface area contributed by atoms with Gasteiger partial charge >= 0.3 is 0 Å². The monoisotopic (exact) mass is 259 g/mol. The van der Waals surface area contributed by atoms with Gasteiger partial charge in [-0.1, -0.05) is 11.6 Å². The van der Waals surface area contributed by atoms with Crippen LogP contribution in [0.5, 0.6) is 5.75 Å². The van der Waals surface area contributed by atoms with Gasteiger partial charge in [0.05, 0.1) is 22.3 Å². The number of hydrogen-bond acceptors (Lipinski definition) is 4. The summed E-state index contributed by atoms with van der Waals surface area (Å²) >= 11 is 5.97. The quantitative estimate of drug-likeness (QED) is 0.920. The van der Waals surface area contributed by atoms with Crippen LogP contribution in [0.25, 0.3) is 0 Å². The number of hydrogen-bond donors (Lipinski definition) is 1. The molecule has 0 saturated heterocycles. The molecule has 18 heavy (non-hydrogen) atoms. The number of anilines is 1. The number of nitrogen functional groups attached to an aromatic ring is 1. The highest BCUT2D eigenvalue weighted by Crippen LogP contribution is 2.18. The molecular formula is C13H10ClN3O. The normalized spacial score (nSPS) is 9.78. The van der Waals surface area contributed by atoms with Crippen molar-refractivity contribution in [2.75, 3.05) is 5.73 Å². The summed E-state index contributed by atoms with van der Waals surface area (Å²) in [6, 6.07) is 12.2. The highest BCUT2D eigenvalue weighted by molar-refractivity contribution is 6.31. The first-order chi connectivity index (χ1) is 8.69. The maximum absolute atomic E-state index is 8.67. The Kier molecular flexibility index (Phi) is 3.66. The van der Waals surface area contributed by atoms with Gasteiger partial charge in [-0.15, -0.1) is 0 Å². The molecule has 0 aliphatic rings. The standard InChI is InChI=1S/C13H10ClN3O/c14-11-5-6-13(16)17-12(11)8-18-10-3-1-9(7-15)2-4-10/h1-6H,8H2,(H2,16,17). The topological polar surface area (TPSA) is 71.9 Å². The van der Waals surface area contributed by atoms with Crippen LogP contribution in [0.4, 0.5) is 5.82 Å². The molecule has 1 heterocycles. The first-order valence-corrected chi connectivity index (χ1v) is 5.60. The van der Waals surface area contributed by atoms with Gasteiger partial charge in [-0.2, -0.15) is 5.26 Å². The van der Waals surface area contributed by atoms with Crippen molar-refractivity contribution < 1.29 is 4.74 Å². The Labute approximate surface area is 110 Å². The number of pyridine rings is 1. The van der Waals surface area contributed by atoms with E-state index in [1.54, 1.807) is 36.4 Å². The lowest BCUT2D eigenvalue weighted by molar-refractivity contribution is 0.301. The number of nitrogens with two attached hydrogens (primary N) is 1. The van der Waals surface area contributed by atoms with Crippen LogP contribution in [-0.4, -0.2) is 4.98 Å². The third-order valence-electron chi connectivity index (χ3n) is 2.30. The van der Waals surface area contributed by atoms with Crippen molar-refractivity contribution in [3.05, 3.63) is 52.7 Å². The van der Waals surface area contributed by atoms with Crippen LogP contribution in [0, 0.1) is 11.3 Å². The van der Waals surface area contributed by atoms with Gasteiger partial charge in [0.15, 0.2) is 0 Å². The van der Waals surface area contributed by atoms with Crippen LogP contribution in [0.15, 0.2) is 36.4 Å². The van der Waals surface area contributed by atoms with Crippen LogP contribution in [0.2, 0.25) is 5.02 Å². The Morgan fingerprint density at radius 2 is 1.94 bits per heavy atom. The Bertz CT molecular complexity index is 590. The van der Waals surface area contributed by atoms with E-state index in [1.807, 2.05) is 6.07 Å². The highest BCUT2D eigenvalue weighted by Gasteiger charge is 2.04. The lowest BCUT2D eigenvalue weighted by Gasteiger charge is -2.07. The first kappa shape index (κ1) is 12.2. The number of ether oxygens (including phenoxy) is 1. The van der Waals surface area contributed by atoms with Crippen molar-refractivity contribution in [3.63, 3.8) is 0 Å². The summed E-state index contributed by atoms with van der Waals surface area (Å²) in [6.07, 6.45) is 0. The minimum absolute atomic E-state index is 0.232. The van der Waals surface area contributed by atoms with Gasteiger partial charge in [-0.3, -0.25) is 0 Å². The van der Waals surface area contributed by atoms with Crippen LogP contribution >= 0.6 is 11.6 Å². The van der Waals surface area contributed by atoms with Crippen molar-refractivity contribution in [2.24, 2.45) is 0 Å². The summed E-state index contributed by atoms with van der Waals surface area (Å²) < 4.78 is 5.52. The molecule has 0 spiro atoms. The minimum Gasteiger partial charge on any atom is -0.487 e. The second-order valence-corrected chi connectivity index (χ2v) is 4.00. The van der Waals surface area contributed by atoms with Crippen molar-refractivity contribution in [3.8, 4) is 11.8 Å². The molecule has 5 heteroatoms. The number of halogens is 1. The zero-order valence-electron chi connectivity index (χ0n) is 9.43. The number of aromatic nitrogens is 1. The van der Waals surface area contributed by atoms with Gasteiger partial charge in [0.2, 0.25) is 0 Å². The van der Waals surface area contributed by atoms with E-state index in [1.165, 1.54) is 0 Å². The van der Waals surface area contributed by atoms with E-state index in [0.29, 0.717) is 27.8 Å². The van der Waals surface area contributed by atoms with Crippen molar-refractivity contribution in [1.29, 1.82) is 5.26 Å². The number of nitrogens with zero attached hydrogens (tertiary/aromatic N) is 2. The van der Waals surface area contributed by atoms with Crippen LogP contribution < -0.4 is 10.5 Å². The molecule has 2 N–H and O–H groups in total. The first-order valence-electron chi connectivity index (χ1n) is 5.23. The Morgan fingerprint density at radius 1 is 1.22 bits per heavy atom. The van der Waals surface area contributed by atoms with E-state index >= 15 is 0 Å². The van der Waals surface area contributed by atoms with Crippen LogP contribution in [0.1, 0.15) is 11.3 Å². The van der Waals surface area contributed by atoms with Crippen molar-refractivity contribution in [2.45, 2.75) is 6.61 Å². The van der Waals surface area contributed by atoms with Crippen LogP contribution in [0.3, 0.4) is 0 Å². The van der Waals surface area contributed by atoms with E-state index < -0.39 is 0 Å². The summed E-state index contributed by atoms with van der Waals surface area (Å²) in [5.74, 6) is 1.05. The zero-order valence-corrected chi connectivity index (χ0v) is 10.2. The molecular weight excluding hydrogens is 250 g/mol. The molecule has 0 aliphatic carbocycles. The van der Waals surface area contributed by atoms with E-state index in [9.17, 15) is 0 Å². The van der Waals surface area contributed by atoms with Crippen molar-refractivity contribution in [1.82, 2.24) is 4.98 Å². The van der Waals surface area contributed by atoms with Gasteiger partial charge < -0.3 is 10.5 Å². The third-order valence-corrected chi connectivity index (χ3v) is 2.64. The molecule has 0 amide bonds. The molecule has 0 radical (unpaired) electrons. The Morgan fingerprint density at radius 3 is 2.61 bits per heavy atom. The third kappa shape index (κ3) is 2.90. The molecule has 0 saturated carbocycles. The maximum Gasteiger partial charge on any atom is 0.132 e. The molecule has 2 rings (SSSR count).